The van der Waals surface area contributed by atoms with Gasteiger partial charge in [0.15, 0.2) is 0 Å². The summed E-state index contributed by atoms with van der Waals surface area (Å²) in [5, 5.41) is 9.25. The number of benzene rings is 1. The van der Waals surface area contributed by atoms with E-state index < -0.39 is 10.0 Å². The topological polar surface area (TPSA) is 85.3 Å². The Morgan fingerprint density at radius 3 is 2.79 bits per heavy atom. The van der Waals surface area contributed by atoms with Gasteiger partial charge in [-0.15, -0.1) is 0 Å². The van der Waals surface area contributed by atoms with Crippen molar-refractivity contribution < 1.29 is 12.8 Å². The van der Waals surface area contributed by atoms with Gasteiger partial charge in [0.1, 0.15) is 11.3 Å². The van der Waals surface area contributed by atoms with Crippen LogP contribution in [0, 0.1) is 6.92 Å². The van der Waals surface area contributed by atoms with Crippen LogP contribution in [0.15, 0.2) is 28.7 Å². The molecule has 1 heterocycles. The average molecular weight is 282 g/mol. The fourth-order valence-electron chi connectivity index (χ4n) is 2.05. The molecule has 0 saturated heterocycles. The van der Waals surface area contributed by atoms with Crippen LogP contribution < -0.4 is 10.5 Å². The first kappa shape index (κ1) is 14.0. The van der Waals surface area contributed by atoms with Gasteiger partial charge < -0.3 is 9.73 Å². The van der Waals surface area contributed by atoms with Crippen molar-refractivity contribution in [2.75, 3.05) is 12.3 Å². The zero-order valence-electron chi connectivity index (χ0n) is 10.8. The first-order valence-electron chi connectivity index (χ1n) is 6.15. The highest BCUT2D eigenvalue weighted by atomic mass is 32.2. The number of nitrogens with one attached hydrogen (secondary N) is 1. The molecule has 19 heavy (non-hydrogen) atoms. The molecule has 0 aliphatic heterocycles. The number of fused-ring (bicyclic) bond motifs is 1. The Morgan fingerprint density at radius 1 is 1.32 bits per heavy atom. The van der Waals surface area contributed by atoms with Gasteiger partial charge in [-0.25, -0.2) is 13.6 Å². The molecule has 1 aromatic carbocycles. The minimum absolute atomic E-state index is 0.00508. The molecular weight excluding hydrogens is 264 g/mol. The quantitative estimate of drug-likeness (QED) is 0.786. The van der Waals surface area contributed by atoms with E-state index in [1.165, 1.54) is 0 Å². The molecule has 5 nitrogen and oxygen atoms in total. The summed E-state index contributed by atoms with van der Waals surface area (Å²) in [4.78, 5) is 0. The third-order valence-corrected chi connectivity index (χ3v) is 3.84. The largest absolute Gasteiger partial charge is 0.461 e. The summed E-state index contributed by atoms with van der Waals surface area (Å²) in [6.45, 7) is 3.20. The molecule has 0 saturated carbocycles. The lowest BCUT2D eigenvalue weighted by atomic mass is 10.1. The molecule has 0 amide bonds. The summed E-state index contributed by atoms with van der Waals surface area (Å²) in [5.41, 5.74) is 1.99. The highest BCUT2D eigenvalue weighted by Crippen LogP contribution is 2.24. The minimum Gasteiger partial charge on any atom is -0.461 e. The van der Waals surface area contributed by atoms with Crippen molar-refractivity contribution in [3.8, 4) is 0 Å². The lowest BCUT2D eigenvalue weighted by Crippen LogP contribution is -2.22. The summed E-state index contributed by atoms with van der Waals surface area (Å²) >= 11 is 0. The van der Waals surface area contributed by atoms with E-state index in [0.717, 1.165) is 22.3 Å². The number of rotatable bonds is 6. The van der Waals surface area contributed by atoms with Crippen LogP contribution in [0.1, 0.15) is 17.7 Å². The second-order valence-corrected chi connectivity index (χ2v) is 6.26. The number of hydrogen-bond acceptors (Lipinski definition) is 4. The monoisotopic (exact) mass is 282 g/mol. The molecular formula is C13H18N2O3S. The third kappa shape index (κ3) is 3.79. The smallest absolute Gasteiger partial charge is 0.209 e. The molecule has 1 aromatic heterocycles. The maximum atomic E-state index is 10.8. The number of aryl methyl sites for hydroxylation is 1. The van der Waals surface area contributed by atoms with Crippen LogP contribution in [0.4, 0.5) is 0 Å². The van der Waals surface area contributed by atoms with Gasteiger partial charge in [-0.3, -0.25) is 0 Å². The summed E-state index contributed by atoms with van der Waals surface area (Å²) < 4.78 is 27.2. The van der Waals surface area contributed by atoms with Crippen molar-refractivity contribution >= 4 is 21.0 Å². The van der Waals surface area contributed by atoms with E-state index in [1.807, 2.05) is 31.2 Å². The molecule has 0 bridgehead atoms. The van der Waals surface area contributed by atoms with Crippen LogP contribution in [0.5, 0.6) is 0 Å². The minimum atomic E-state index is -3.36. The summed E-state index contributed by atoms with van der Waals surface area (Å²) in [6.07, 6.45) is 0.508. The molecule has 0 fully saturated rings. The van der Waals surface area contributed by atoms with Crippen molar-refractivity contribution in [1.82, 2.24) is 5.32 Å². The number of sulfonamides is 1. The number of nitrogens with two attached hydrogens (primary N) is 1. The van der Waals surface area contributed by atoms with E-state index in [1.54, 1.807) is 0 Å². The molecule has 0 spiro atoms. The number of para-hydroxylation sites is 1. The maximum absolute atomic E-state index is 10.8. The molecule has 104 valence electrons. The molecule has 6 heteroatoms. The Balaban J connectivity index is 1.93. The molecule has 2 rings (SSSR count). The molecule has 0 aliphatic carbocycles. The van der Waals surface area contributed by atoms with Crippen LogP contribution in [0.25, 0.3) is 11.0 Å². The SMILES string of the molecule is Cc1oc2ccccc2c1CNCCCS(N)(=O)=O. The second-order valence-electron chi connectivity index (χ2n) is 4.53. The van der Waals surface area contributed by atoms with E-state index in [-0.39, 0.29) is 5.75 Å². The van der Waals surface area contributed by atoms with Crippen molar-refractivity contribution in [3.63, 3.8) is 0 Å². The van der Waals surface area contributed by atoms with Gasteiger partial charge >= 0.3 is 0 Å². The van der Waals surface area contributed by atoms with Crippen LogP contribution in [0.2, 0.25) is 0 Å². The van der Waals surface area contributed by atoms with Crippen molar-refractivity contribution in [2.24, 2.45) is 5.14 Å². The summed E-state index contributed by atoms with van der Waals surface area (Å²) in [7, 11) is -3.36. The molecule has 2 aromatic rings. The van der Waals surface area contributed by atoms with E-state index >= 15 is 0 Å². The third-order valence-electron chi connectivity index (χ3n) is 2.98. The first-order chi connectivity index (χ1) is 8.97. The normalized spacial score (nSPS) is 12.1. The van der Waals surface area contributed by atoms with Gasteiger partial charge in [-0.2, -0.15) is 0 Å². The van der Waals surface area contributed by atoms with E-state index in [0.29, 0.717) is 19.5 Å². The molecule has 0 radical (unpaired) electrons. The van der Waals surface area contributed by atoms with E-state index in [2.05, 4.69) is 5.32 Å². The predicted octanol–water partition coefficient (Wildman–Crippen LogP) is 1.51. The van der Waals surface area contributed by atoms with Crippen LogP contribution in [-0.2, 0) is 16.6 Å². The Hall–Kier alpha value is -1.37. The van der Waals surface area contributed by atoms with Crippen LogP contribution >= 0.6 is 0 Å². The Morgan fingerprint density at radius 2 is 2.05 bits per heavy atom. The van der Waals surface area contributed by atoms with E-state index in [4.69, 9.17) is 9.56 Å². The lowest BCUT2D eigenvalue weighted by Gasteiger charge is -2.04. The Labute approximate surface area is 112 Å². The number of hydrogen-bond donors (Lipinski definition) is 2. The Bertz CT molecular complexity index is 662. The van der Waals surface area contributed by atoms with Crippen LogP contribution in [-0.4, -0.2) is 20.7 Å². The van der Waals surface area contributed by atoms with Crippen LogP contribution in [0.3, 0.4) is 0 Å². The lowest BCUT2D eigenvalue weighted by molar-refractivity contribution is 0.563. The number of primary sulfonamides is 1. The molecule has 0 unspecified atom stereocenters. The second kappa shape index (κ2) is 5.73. The maximum Gasteiger partial charge on any atom is 0.209 e. The van der Waals surface area contributed by atoms with E-state index in [9.17, 15) is 8.42 Å². The molecule has 3 N–H and O–H groups in total. The highest BCUT2D eigenvalue weighted by molar-refractivity contribution is 7.89. The highest BCUT2D eigenvalue weighted by Gasteiger charge is 2.09. The first-order valence-corrected chi connectivity index (χ1v) is 7.87. The molecule has 0 atom stereocenters. The number of furan rings is 1. The standard InChI is InChI=1S/C13H18N2O3S/c1-10-12(9-15-7-4-8-19(14,16)17)11-5-2-3-6-13(11)18-10/h2-3,5-6,15H,4,7-9H2,1H3,(H2,14,16,17). The van der Waals surface area contributed by atoms with Gasteiger partial charge in [-0.1, -0.05) is 18.2 Å². The average Bonchev–Trinajstić information content (AvgIpc) is 2.64. The molecule has 0 aliphatic rings. The van der Waals surface area contributed by atoms with Crippen molar-refractivity contribution in [1.29, 1.82) is 0 Å². The van der Waals surface area contributed by atoms with Gasteiger partial charge in [0.25, 0.3) is 0 Å². The van der Waals surface area contributed by atoms with Gasteiger partial charge in [0.05, 0.1) is 5.75 Å². The Kier molecular flexibility index (Phi) is 4.24. The summed E-state index contributed by atoms with van der Waals surface area (Å²) in [5.74, 6) is 0.894. The van der Waals surface area contributed by atoms with Crippen molar-refractivity contribution in [3.05, 3.63) is 35.6 Å². The fraction of sp³-hybridized carbons (Fsp3) is 0.385. The zero-order chi connectivity index (χ0) is 13.9. The van der Waals surface area contributed by atoms with Gasteiger partial charge in [-0.05, 0) is 26.0 Å². The van der Waals surface area contributed by atoms with Gasteiger partial charge in [0.2, 0.25) is 10.0 Å². The zero-order valence-corrected chi connectivity index (χ0v) is 11.7. The van der Waals surface area contributed by atoms with Crippen molar-refractivity contribution in [2.45, 2.75) is 19.9 Å². The summed E-state index contributed by atoms with van der Waals surface area (Å²) in [6, 6.07) is 7.87. The predicted molar refractivity (Wildman–Crippen MR) is 75.2 cm³/mol. The fourth-order valence-corrected chi connectivity index (χ4v) is 2.60. The van der Waals surface area contributed by atoms with Gasteiger partial charge in [0, 0.05) is 17.5 Å².